The number of ether oxygens (including phenoxy) is 1. The third-order valence-electron chi connectivity index (χ3n) is 1.98. The number of alkyl halides is 1. The lowest BCUT2D eigenvalue weighted by Crippen LogP contribution is -1.96. The predicted molar refractivity (Wildman–Crippen MR) is 63.1 cm³/mol. The van der Waals surface area contributed by atoms with E-state index in [-0.39, 0.29) is 11.8 Å². The lowest BCUT2D eigenvalue weighted by Gasteiger charge is -2.07. The first-order valence-electron chi connectivity index (χ1n) is 4.68. The van der Waals surface area contributed by atoms with Crippen LogP contribution >= 0.6 is 23.2 Å². The Morgan fingerprint density at radius 3 is 2.88 bits per heavy atom. The van der Waals surface area contributed by atoms with Gasteiger partial charge in [0.2, 0.25) is 0 Å². The molecular weight excluding hydrogens is 266 g/mol. The molecule has 17 heavy (non-hydrogen) atoms. The van der Waals surface area contributed by atoms with E-state index in [0.29, 0.717) is 16.3 Å². The molecule has 0 atom stereocenters. The molecule has 0 aliphatic carbocycles. The van der Waals surface area contributed by atoms with Gasteiger partial charge in [0.25, 0.3) is 5.88 Å². The molecule has 3 nitrogen and oxygen atoms in total. The predicted octanol–water partition coefficient (Wildman–Crippen LogP) is 3.80. The first kappa shape index (κ1) is 12.1. The zero-order valence-corrected chi connectivity index (χ0v) is 10.0. The van der Waals surface area contributed by atoms with Crippen LogP contribution in [0.5, 0.6) is 11.6 Å². The molecule has 0 unspecified atom stereocenters. The van der Waals surface area contributed by atoms with Gasteiger partial charge in [-0.15, -0.1) is 11.6 Å². The van der Waals surface area contributed by atoms with Crippen LogP contribution in [0.4, 0.5) is 4.39 Å². The molecule has 0 amide bonds. The highest BCUT2D eigenvalue weighted by Gasteiger charge is 2.11. The molecule has 0 N–H and O–H groups in total. The molecular formula is C11H7Cl2FN2O. The van der Waals surface area contributed by atoms with Gasteiger partial charge in [-0.2, -0.15) is 0 Å². The largest absolute Gasteiger partial charge is 0.435 e. The summed E-state index contributed by atoms with van der Waals surface area (Å²) in [5.41, 5.74) is 0.326. The van der Waals surface area contributed by atoms with Crippen molar-refractivity contribution in [3.05, 3.63) is 47.1 Å². The summed E-state index contributed by atoms with van der Waals surface area (Å²) in [6, 6.07) is 3.01. The first-order chi connectivity index (χ1) is 8.20. The molecule has 0 aromatic carbocycles. The second-order valence-electron chi connectivity index (χ2n) is 3.16. The van der Waals surface area contributed by atoms with Crippen molar-refractivity contribution in [1.29, 1.82) is 0 Å². The number of aromatic nitrogens is 2. The van der Waals surface area contributed by atoms with Gasteiger partial charge in [-0.05, 0) is 6.07 Å². The van der Waals surface area contributed by atoms with Crippen molar-refractivity contribution in [3.63, 3.8) is 0 Å². The molecule has 0 saturated carbocycles. The number of pyridine rings is 2. The van der Waals surface area contributed by atoms with Gasteiger partial charge in [0, 0.05) is 24.0 Å². The summed E-state index contributed by atoms with van der Waals surface area (Å²) >= 11 is 11.3. The molecule has 2 aromatic rings. The fourth-order valence-corrected chi connectivity index (χ4v) is 1.57. The van der Waals surface area contributed by atoms with Gasteiger partial charge in [-0.3, -0.25) is 4.98 Å². The van der Waals surface area contributed by atoms with Crippen molar-refractivity contribution in [2.45, 2.75) is 5.88 Å². The standard InChI is InChI=1S/C11H7Cl2FN2O/c12-4-7-1-2-16-11(10(7)14)17-9-3-8(13)5-15-6-9/h1-3,5-6H,4H2. The van der Waals surface area contributed by atoms with Crippen LogP contribution in [0.1, 0.15) is 5.56 Å². The molecule has 6 heteroatoms. The first-order valence-corrected chi connectivity index (χ1v) is 5.59. The van der Waals surface area contributed by atoms with Crippen LogP contribution in [-0.2, 0) is 5.88 Å². The third-order valence-corrected chi connectivity index (χ3v) is 2.47. The summed E-state index contributed by atoms with van der Waals surface area (Å²) in [5.74, 6) is -0.358. The van der Waals surface area contributed by atoms with Crippen molar-refractivity contribution in [2.75, 3.05) is 0 Å². The minimum absolute atomic E-state index is 0.0541. The molecule has 0 fully saturated rings. The summed E-state index contributed by atoms with van der Waals surface area (Å²) in [7, 11) is 0. The van der Waals surface area contributed by atoms with Crippen LogP contribution in [0.2, 0.25) is 5.02 Å². The van der Waals surface area contributed by atoms with E-state index in [1.165, 1.54) is 30.7 Å². The summed E-state index contributed by atoms with van der Waals surface area (Å²) < 4.78 is 19.0. The topological polar surface area (TPSA) is 35.0 Å². The molecule has 0 spiro atoms. The minimum Gasteiger partial charge on any atom is -0.435 e. The molecule has 0 radical (unpaired) electrons. The maximum Gasteiger partial charge on any atom is 0.256 e. The highest BCUT2D eigenvalue weighted by molar-refractivity contribution is 6.30. The zero-order chi connectivity index (χ0) is 12.3. The Balaban J connectivity index is 2.30. The Morgan fingerprint density at radius 2 is 2.18 bits per heavy atom. The Labute approximate surface area is 107 Å². The van der Waals surface area contributed by atoms with Gasteiger partial charge >= 0.3 is 0 Å². The number of halogens is 3. The van der Waals surface area contributed by atoms with E-state index in [2.05, 4.69) is 9.97 Å². The quantitative estimate of drug-likeness (QED) is 0.798. The fraction of sp³-hybridized carbons (Fsp3) is 0.0909. The second-order valence-corrected chi connectivity index (χ2v) is 3.87. The highest BCUT2D eigenvalue weighted by atomic mass is 35.5. The average molecular weight is 273 g/mol. The molecule has 2 heterocycles. The van der Waals surface area contributed by atoms with Gasteiger partial charge in [0.15, 0.2) is 5.82 Å². The molecule has 0 aliphatic rings. The van der Waals surface area contributed by atoms with E-state index in [4.69, 9.17) is 27.9 Å². The van der Waals surface area contributed by atoms with Gasteiger partial charge in [0.05, 0.1) is 17.1 Å². The Kier molecular flexibility index (Phi) is 3.76. The zero-order valence-electron chi connectivity index (χ0n) is 8.53. The van der Waals surface area contributed by atoms with E-state index in [1.807, 2.05) is 0 Å². The molecule has 88 valence electrons. The van der Waals surface area contributed by atoms with Crippen LogP contribution in [0, 0.1) is 5.82 Å². The maximum absolute atomic E-state index is 13.7. The van der Waals surface area contributed by atoms with Crippen molar-refractivity contribution in [1.82, 2.24) is 9.97 Å². The van der Waals surface area contributed by atoms with Crippen molar-refractivity contribution in [2.24, 2.45) is 0 Å². The van der Waals surface area contributed by atoms with Crippen LogP contribution in [-0.4, -0.2) is 9.97 Å². The van der Waals surface area contributed by atoms with E-state index in [0.717, 1.165) is 0 Å². The summed E-state index contributed by atoms with van der Waals surface area (Å²) in [6.07, 6.45) is 4.29. The average Bonchev–Trinajstić information content (AvgIpc) is 2.32. The van der Waals surface area contributed by atoms with Crippen LogP contribution in [0.25, 0.3) is 0 Å². The monoisotopic (exact) mass is 272 g/mol. The normalized spacial score (nSPS) is 10.3. The van der Waals surface area contributed by atoms with Crippen LogP contribution in [0.15, 0.2) is 30.7 Å². The van der Waals surface area contributed by atoms with Gasteiger partial charge in [0.1, 0.15) is 5.75 Å². The number of nitrogens with zero attached hydrogens (tertiary/aromatic N) is 2. The second kappa shape index (κ2) is 5.29. The van der Waals surface area contributed by atoms with E-state index < -0.39 is 5.82 Å². The summed E-state index contributed by atoms with van der Waals surface area (Å²) in [4.78, 5) is 7.60. The Bertz CT molecular complexity index is 537. The smallest absolute Gasteiger partial charge is 0.256 e. The van der Waals surface area contributed by atoms with Crippen molar-refractivity contribution < 1.29 is 9.13 Å². The van der Waals surface area contributed by atoms with Gasteiger partial charge < -0.3 is 4.74 Å². The molecule has 0 aliphatic heterocycles. The van der Waals surface area contributed by atoms with Crippen LogP contribution < -0.4 is 4.74 Å². The highest BCUT2D eigenvalue weighted by Crippen LogP contribution is 2.25. The third kappa shape index (κ3) is 2.84. The molecule has 0 saturated heterocycles. The molecule has 2 aromatic heterocycles. The van der Waals surface area contributed by atoms with E-state index >= 15 is 0 Å². The lowest BCUT2D eigenvalue weighted by atomic mass is 10.3. The number of hydrogen-bond acceptors (Lipinski definition) is 3. The van der Waals surface area contributed by atoms with E-state index in [1.54, 1.807) is 0 Å². The number of hydrogen-bond donors (Lipinski definition) is 0. The SMILES string of the molecule is Fc1c(CCl)ccnc1Oc1cncc(Cl)c1. The van der Waals surface area contributed by atoms with Crippen molar-refractivity contribution >= 4 is 23.2 Å². The Morgan fingerprint density at radius 1 is 1.35 bits per heavy atom. The van der Waals surface area contributed by atoms with Crippen molar-refractivity contribution in [3.8, 4) is 11.6 Å². The molecule has 0 bridgehead atoms. The Hall–Kier alpha value is -1.39. The van der Waals surface area contributed by atoms with Gasteiger partial charge in [-0.1, -0.05) is 11.6 Å². The minimum atomic E-state index is -0.581. The number of rotatable bonds is 3. The summed E-state index contributed by atoms with van der Waals surface area (Å²) in [5, 5.41) is 0.399. The lowest BCUT2D eigenvalue weighted by molar-refractivity contribution is 0.419. The fourth-order valence-electron chi connectivity index (χ4n) is 1.20. The molecule has 2 rings (SSSR count). The maximum atomic E-state index is 13.7. The van der Waals surface area contributed by atoms with Crippen LogP contribution in [0.3, 0.4) is 0 Å². The van der Waals surface area contributed by atoms with Gasteiger partial charge in [-0.25, -0.2) is 9.37 Å². The summed E-state index contributed by atoms with van der Waals surface area (Å²) in [6.45, 7) is 0. The van der Waals surface area contributed by atoms with E-state index in [9.17, 15) is 4.39 Å².